The van der Waals surface area contributed by atoms with Crippen LogP contribution in [-0.4, -0.2) is 11.8 Å². The average Bonchev–Trinajstić information content (AvgIpc) is 1.85. The summed E-state index contributed by atoms with van der Waals surface area (Å²) in [6, 6.07) is 0.914. The van der Waals surface area contributed by atoms with E-state index in [4.69, 9.17) is 11.0 Å². The Balaban J connectivity index is 3.76. The highest BCUT2D eigenvalue weighted by atomic mass is 16.1. The first-order chi connectivity index (χ1) is 4.57. The first-order valence-electron chi connectivity index (χ1n) is 3.27. The molecule has 0 bridgehead atoms. The van der Waals surface area contributed by atoms with Crippen molar-refractivity contribution >= 4 is 5.78 Å². The molecule has 0 aliphatic rings. The summed E-state index contributed by atoms with van der Waals surface area (Å²) in [6.45, 7) is 3.93. The van der Waals surface area contributed by atoms with E-state index in [9.17, 15) is 4.79 Å². The molecule has 0 heterocycles. The van der Waals surface area contributed by atoms with Crippen LogP contribution in [0.2, 0.25) is 0 Å². The van der Waals surface area contributed by atoms with Crippen molar-refractivity contribution in [2.24, 2.45) is 11.7 Å². The summed E-state index contributed by atoms with van der Waals surface area (Å²) in [5, 5.41) is 8.14. The van der Waals surface area contributed by atoms with E-state index < -0.39 is 11.8 Å². The number of nitrogens with two attached hydrogens (primary N) is 1. The smallest absolute Gasteiger partial charge is 0.248 e. The van der Waals surface area contributed by atoms with Gasteiger partial charge in [-0.2, -0.15) is 5.26 Å². The number of carbonyl (C=O) groups excluding carboxylic acids is 1. The third-order valence-electron chi connectivity index (χ3n) is 1.17. The molecule has 10 heavy (non-hydrogen) atoms. The van der Waals surface area contributed by atoms with Crippen molar-refractivity contribution in [3.63, 3.8) is 0 Å². The summed E-state index contributed by atoms with van der Waals surface area (Å²) in [4.78, 5) is 10.6. The molecule has 0 radical (unpaired) electrons. The molecule has 3 nitrogen and oxygen atoms in total. The molecule has 0 aliphatic heterocycles. The largest absolute Gasteiger partial charge is 0.321 e. The zero-order valence-corrected chi connectivity index (χ0v) is 6.29. The summed E-state index contributed by atoms with van der Waals surface area (Å²) < 4.78 is 0. The van der Waals surface area contributed by atoms with Crippen LogP contribution in [0.25, 0.3) is 0 Å². The molecule has 3 heteroatoms. The van der Waals surface area contributed by atoms with Gasteiger partial charge in [0.25, 0.3) is 0 Å². The second-order valence-corrected chi connectivity index (χ2v) is 2.71. The van der Waals surface area contributed by atoms with E-state index >= 15 is 0 Å². The Bertz CT molecular complexity index is 157. The molecule has 0 aromatic carbocycles. The number of rotatable bonds is 3. The Kier molecular flexibility index (Phi) is 3.67. The Labute approximate surface area is 60.8 Å². The lowest BCUT2D eigenvalue weighted by Gasteiger charge is -2.07. The summed E-state index contributed by atoms with van der Waals surface area (Å²) in [6.07, 6.45) is 0.590. The Morgan fingerprint density at radius 2 is 2.20 bits per heavy atom. The van der Waals surface area contributed by atoms with Crippen molar-refractivity contribution in [1.82, 2.24) is 0 Å². The first-order valence-corrected chi connectivity index (χ1v) is 3.27. The SMILES string of the molecule is CC(C)C[C@H](N)C(=O)C#N. The number of hydrogen-bond donors (Lipinski definition) is 1. The topological polar surface area (TPSA) is 66.9 Å². The standard InChI is InChI=1S/C7H12N2O/c1-5(2)3-6(9)7(10)4-8/h5-6H,3,9H2,1-2H3/t6-/m0/s1. The van der Waals surface area contributed by atoms with E-state index in [0.29, 0.717) is 12.3 Å². The number of nitrogens with zero attached hydrogens (tertiary/aromatic N) is 1. The van der Waals surface area contributed by atoms with Gasteiger partial charge in [0.2, 0.25) is 5.78 Å². The maximum Gasteiger partial charge on any atom is 0.248 e. The van der Waals surface area contributed by atoms with Crippen LogP contribution >= 0.6 is 0 Å². The van der Waals surface area contributed by atoms with E-state index in [2.05, 4.69) is 0 Å². The minimum Gasteiger partial charge on any atom is -0.321 e. The Morgan fingerprint density at radius 3 is 2.50 bits per heavy atom. The van der Waals surface area contributed by atoms with Crippen LogP contribution in [0.15, 0.2) is 0 Å². The molecular weight excluding hydrogens is 128 g/mol. The van der Waals surface area contributed by atoms with Gasteiger partial charge in [-0.05, 0) is 12.3 Å². The normalized spacial score (nSPS) is 12.7. The summed E-state index contributed by atoms with van der Waals surface area (Å²) in [5.74, 6) is -0.152. The van der Waals surface area contributed by atoms with Gasteiger partial charge in [0, 0.05) is 0 Å². The van der Waals surface area contributed by atoms with Crippen molar-refractivity contribution < 1.29 is 4.79 Å². The van der Waals surface area contributed by atoms with Gasteiger partial charge in [-0.15, -0.1) is 0 Å². The van der Waals surface area contributed by atoms with Crippen molar-refractivity contribution in [2.45, 2.75) is 26.3 Å². The molecule has 0 aromatic heterocycles. The fourth-order valence-corrected chi connectivity index (χ4v) is 0.698. The molecular formula is C7H12N2O. The maximum atomic E-state index is 10.6. The number of nitriles is 1. The molecule has 0 aromatic rings. The second kappa shape index (κ2) is 4.02. The van der Waals surface area contributed by atoms with Gasteiger partial charge < -0.3 is 5.73 Å². The van der Waals surface area contributed by atoms with Crippen LogP contribution in [-0.2, 0) is 4.79 Å². The quantitative estimate of drug-likeness (QED) is 0.579. The van der Waals surface area contributed by atoms with Gasteiger partial charge in [0.1, 0.15) is 6.07 Å². The van der Waals surface area contributed by atoms with Crippen molar-refractivity contribution in [1.29, 1.82) is 5.26 Å². The third kappa shape index (κ3) is 3.21. The second-order valence-electron chi connectivity index (χ2n) is 2.71. The minimum absolute atomic E-state index is 0.368. The molecule has 0 aliphatic carbocycles. The zero-order valence-electron chi connectivity index (χ0n) is 6.29. The zero-order chi connectivity index (χ0) is 8.15. The van der Waals surface area contributed by atoms with Crippen LogP contribution in [0, 0.1) is 17.2 Å². The highest BCUT2D eigenvalue weighted by Crippen LogP contribution is 2.02. The highest BCUT2D eigenvalue weighted by Gasteiger charge is 2.13. The van der Waals surface area contributed by atoms with Gasteiger partial charge in [-0.1, -0.05) is 13.8 Å². The van der Waals surface area contributed by atoms with Crippen LogP contribution in [0.3, 0.4) is 0 Å². The predicted molar refractivity (Wildman–Crippen MR) is 38.1 cm³/mol. The van der Waals surface area contributed by atoms with Gasteiger partial charge in [0.15, 0.2) is 0 Å². The molecule has 0 spiro atoms. The minimum atomic E-state index is -0.593. The number of Topliss-reactive ketones (excluding diaryl/α,β-unsaturated/α-hetero) is 1. The molecule has 2 N–H and O–H groups in total. The lowest BCUT2D eigenvalue weighted by molar-refractivity contribution is -0.115. The van der Waals surface area contributed by atoms with Crippen LogP contribution < -0.4 is 5.73 Å². The predicted octanol–water partition coefficient (Wildman–Crippen LogP) is 0.452. The molecule has 56 valence electrons. The highest BCUT2D eigenvalue weighted by molar-refractivity contribution is 5.97. The molecule has 0 fully saturated rings. The fourth-order valence-electron chi connectivity index (χ4n) is 0.698. The molecule has 0 amide bonds. The third-order valence-corrected chi connectivity index (χ3v) is 1.17. The van der Waals surface area contributed by atoms with Gasteiger partial charge >= 0.3 is 0 Å². The monoisotopic (exact) mass is 140 g/mol. The van der Waals surface area contributed by atoms with E-state index in [1.54, 1.807) is 0 Å². The van der Waals surface area contributed by atoms with Crippen LogP contribution in [0.1, 0.15) is 20.3 Å². The Hall–Kier alpha value is -0.880. The van der Waals surface area contributed by atoms with E-state index in [-0.39, 0.29) is 0 Å². The van der Waals surface area contributed by atoms with E-state index in [0.717, 1.165) is 0 Å². The fraction of sp³-hybridized carbons (Fsp3) is 0.714. The van der Waals surface area contributed by atoms with Gasteiger partial charge in [-0.3, -0.25) is 4.79 Å². The molecule has 0 saturated heterocycles. The van der Waals surface area contributed by atoms with Gasteiger partial charge in [0.05, 0.1) is 6.04 Å². The summed E-state index contributed by atoms with van der Waals surface area (Å²) >= 11 is 0. The molecule has 0 rings (SSSR count). The van der Waals surface area contributed by atoms with Gasteiger partial charge in [-0.25, -0.2) is 0 Å². The summed E-state index contributed by atoms with van der Waals surface area (Å²) in [7, 11) is 0. The summed E-state index contributed by atoms with van der Waals surface area (Å²) in [5.41, 5.74) is 5.36. The van der Waals surface area contributed by atoms with E-state index in [1.165, 1.54) is 6.07 Å². The maximum absolute atomic E-state index is 10.6. The lowest BCUT2D eigenvalue weighted by Crippen LogP contribution is -2.30. The average molecular weight is 140 g/mol. The first kappa shape index (κ1) is 9.12. The molecule has 0 unspecified atom stereocenters. The van der Waals surface area contributed by atoms with Crippen LogP contribution in [0.4, 0.5) is 0 Å². The molecule has 1 atom stereocenters. The van der Waals surface area contributed by atoms with Crippen molar-refractivity contribution in [2.75, 3.05) is 0 Å². The lowest BCUT2D eigenvalue weighted by atomic mass is 10.0. The molecule has 0 saturated carbocycles. The van der Waals surface area contributed by atoms with Crippen molar-refractivity contribution in [3.05, 3.63) is 0 Å². The number of carbonyl (C=O) groups is 1. The van der Waals surface area contributed by atoms with E-state index in [1.807, 2.05) is 13.8 Å². The number of ketones is 1. The Morgan fingerprint density at radius 1 is 1.70 bits per heavy atom. The number of hydrogen-bond acceptors (Lipinski definition) is 3. The van der Waals surface area contributed by atoms with Crippen LogP contribution in [0.5, 0.6) is 0 Å². The van der Waals surface area contributed by atoms with Crippen molar-refractivity contribution in [3.8, 4) is 6.07 Å².